The van der Waals surface area contributed by atoms with Gasteiger partial charge in [0, 0.05) is 18.4 Å². The van der Waals surface area contributed by atoms with Crippen molar-refractivity contribution < 1.29 is 13.6 Å². The molecule has 3 nitrogen and oxygen atoms in total. The summed E-state index contributed by atoms with van der Waals surface area (Å²) in [5, 5.41) is 0.314. The van der Waals surface area contributed by atoms with Gasteiger partial charge in [0.05, 0.1) is 6.10 Å². The maximum absolute atomic E-state index is 12.6. The molecule has 0 fully saturated rings. The second kappa shape index (κ2) is 8.58. The maximum Gasteiger partial charge on any atom is 0.192 e. The Hall–Kier alpha value is 0.0238. The summed E-state index contributed by atoms with van der Waals surface area (Å²) in [5.74, 6) is 0.272. The first-order valence-corrected chi connectivity index (χ1v) is 16.0. The molecule has 0 radical (unpaired) electrons. The predicted octanol–water partition coefficient (Wildman–Crippen LogP) is 6.79. The molecule has 0 aliphatic carbocycles. The van der Waals surface area contributed by atoms with Crippen molar-refractivity contribution in [2.75, 3.05) is 6.61 Å². The molecule has 0 aromatic rings. The lowest BCUT2D eigenvalue weighted by Gasteiger charge is -2.44. The summed E-state index contributed by atoms with van der Waals surface area (Å²) in [4.78, 5) is 12.6. The summed E-state index contributed by atoms with van der Waals surface area (Å²) in [6.07, 6.45) is 1.23. The Morgan fingerprint density at radius 2 is 1.27 bits per heavy atom. The maximum atomic E-state index is 12.6. The molecule has 0 aliphatic rings. The van der Waals surface area contributed by atoms with Gasteiger partial charge in [-0.3, -0.25) is 4.79 Å². The van der Waals surface area contributed by atoms with E-state index in [9.17, 15) is 4.79 Å². The molecule has 1 atom stereocenters. The third-order valence-electron chi connectivity index (χ3n) is 6.74. The number of Topliss-reactive ketones (excluding diaryl/α,β-unsaturated/α-hetero) is 1. The molecule has 26 heavy (non-hydrogen) atoms. The SMILES string of the molecule is CCC(=O)C(C)(C)[C@@H](CCO[Si](C)(C)C(C)(C)C)O[Si](C)(C)C(C)(C)C. The van der Waals surface area contributed by atoms with Crippen LogP contribution in [0.25, 0.3) is 0 Å². The van der Waals surface area contributed by atoms with Crippen molar-refractivity contribution in [2.24, 2.45) is 5.41 Å². The largest absolute Gasteiger partial charge is 0.417 e. The molecule has 5 heteroatoms. The van der Waals surface area contributed by atoms with Gasteiger partial charge in [-0.15, -0.1) is 0 Å². The Balaban J connectivity index is 5.41. The Kier molecular flexibility index (Phi) is 8.59. The van der Waals surface area contributed by atoms with Gasteiger partial charge in [-0.1, -0.05) is 62.3 Å². The molecule has 0 aromatic heterocycles. The lowest BCUT2D eigenvalue weighted by atomic mass is 9.80. The van der Waals surface area contributed by atoms with Crippen LogP contribution in [0.4, 0.5) is 0 Å². The van der Waals surface area contributed by atoms with E-state index in [0.717, 1.165) is 6.42 Å². The molecule has 156 valence electrons. The van der Waals surface area contributed by atoms with Gasteiger partial charge in [-0.05, 0) is 42.7 Å². The van der Waals surface area contributed by atoms with Gasteiger partial charge >= 0.3 is 0 Å². The fourth-order valence-corrected chi connectivity index (χ4v) is 4.91. The highest BCUT2D eigenvalue weighted by Gasteiger charge is 2.45. The van der Waals surface area contributed by atoms with Crippen molar-refractivity contribution in [2.45, 2.75) is 118 Å². The first kappa shape index (κ1) is 26.0. The van der Waals surface area contributed by atoms with Gasteiger partial charge < -0.3 is 8.85 Å². The van der Waals surface area contributed by atoms with Crippen LogP contribution in [0.15, 0.2) is 0 Å². The average Bonchev–Trinajstić information content (AvgIpc) is 2.42. The molecule has 0 rings (SSSR count). The molecular formula is C21H46O3Si2. The second-order valence-corrected chi connectivity index (χ2v) is 20.8. The van der Waals surface area contributed by atoms with Crippen LogP contribution in [0.1, 0.15) is 75.2 Å². The summed E-state index contributed by atoms with van der Waals surface area (Å²) in [7, 11) is -3.76. The molecule has 0 amide bonds. The van der Waals surface area contributed by atoms with Gasteiger partial charge in [-0.25, -0.2) is 0 Å². The minimum Gasteiger partial charge on any atom is -0.417 e. The number of carbonyl (C=O) groups excluding carboxylic acids is 1. The van der Waals surface area contributed by atoms with E-state index in [4.69, 9.17) is 8.85 Å². The van der Waals surface area contributed by atoms with E-state index in [0.29, 0.717) is 13.0 Å². The van der Waals surface area contributed by atoms with Gasteiger partial charge in [0.25, 0.3) is 0 Å². The molecule has 0 aromatic carbocycles. The molecule has 0 spiro atoms. The predicted molar refractivity (Wildman–Crippen MR) is 119 cm³/mol. The molecule has 0 bridgehead atoms. The van der Waals surface area contributed by atoms with Crippen molar-refractivity contribution in [1.29, 1.82) is 0 Å². The number of hydrogen-bond donors (Lipinski definition) is 0. The number of carbonyl (C=O) groups is 1. The van der Waals surface area contributed by atoms with E-state index >= 15 is 0 Å². The zero-order chi connectivity index (χ0) is 21.2. The number of hydrogen-bond acceptors (Lipinski definition) is 3. The van der Waals surface area contributed by atoms with E-state index in [1.54, 1.807) is 0 Å². The van der Waals surface area contributed by atoms with Gasteiger partial charge in [0.15, 0.2) is 16.6 Å². The standard InChI is InChI=1S/C21H46O3Si2/c1-14-17(22)21(8,9)18(24-26(12,13)20(5,6)7)15-16-23-25(10,11)19(2,3)4/h18H,14-16H2,1-13H3/t18-/m1/s1. The van der Waals surface area contributed by atoms with Crippen LogP contribution in [0, 0.1) is 5.41 Å². The van der Waals surface area contributed by atoms with Gasteiger partial charge in [0.1, 0.15) is 5.78 Å². The first-order valence-electron chi connectivity index (χ1n) is 10.1. The van der Waals surface area contributed by atoms with E-state index in [1.807, 2.05) is 20.8 Å². The van der Waals surface area contributed by atoms with E-state index in [1.165, 1.54) is 0 Å². The smallest absolute Gasteiger partial charge is 0.192 e. The van der Waals surface area contributed by atoms with Crippen molar-refractivity contribution >= 4 is 22.4 Å². The normalized spacial score (nSPS) is 15.9. The minimum absolute atomic E-state index is 0.0967. The fourth-order valence-electron chi connectivity index (χ4n) is 2.37. The van der Waals surface area contributed by atoms with Crippen LogP contribution >= 0.6 is 0 Å². The van der Waals surface area contributed by atoms with Crippen molar-refractivity contribution in [3.05, 3.63) is 0 Å². The zero-order valence-corrected chi connectivity index (χ0v) is 21.9. The third kappa shape index (κ3) is 6.57. The highest BCUT2D eigenvalue weighted by Crippen LogP contribution is 2.41. The lowest BCUT2D eigenvalue weighted by molar-refractivity contribution is -0.132. The summed E-state index contributed by atoms with van der Waals surface area (Å²) in [5.41, 5.74) is -0.485. The molecule has 0 saturated heterocycles. The Labute approximate surface area is 165 Å². The van der Waals surface area contributed by atoms with Crippen molar-refractivity contribution in [3.8, 4) is 0 Å². The van der Waals surface area contributed by atoms with Crippen LogP contribution in [-0.2, 0) is 13.6 Å². The second-order valence-electron chi connectivity index (χ2n) is 11.3. The molecule has 0 N–H and O–H groups in total. The summed E-state index contributed by atoms with van der Waals surface area (Å²) < 4.78 is 13.1. The Bertz CT molecular complexity index is 469. The van der Waals surface area contributed by atoms with E-state index < -0.39 is 22.0 Å². The van der Waals surface area contributed by atoms with Gasteiger partial charge in [0.2, 0.25) is 0 Å². The molecule has 0 unspecified atom stereocenters. The zero-order valence-electron chi connectivity index (χ0n) is 19.9. The minimum atomic E-state index is -1.97. The quantitative estimate of drug-likeness (QED) is 0.398. The number of rotatable bonds is 9. The molecule has 0 aliphatic heterocycles. The molecular weight excluding hydrogens is 356 g/mol. The topological polar surface area (TPSA) is 35.5 Å². The fraction of sp³-hybridized carbons (Fsp3) is 0.952. The Morgan fingerprint density at radius 1 is 0.846 bits per heavy atom. The summed E-state index contributed by atoms with van der Waals surface area (Å²) in [6.45, 7) is 29.3. The van der Waals surface area contributed by atoms with Crippen LogP contribution in [0.3, 0.4) is 0 Å². The molecule has 0 saturated carbocycles. The summed E-state index contributed by atoms with van der Waals surface area (Å²) >= 11 is 0. The lowest BCUT2D eigenvalue weighted by Crippen LogP contribution is -2.50. The van der Waals surface area contributed by atoms with Crippen LogP contribution in [-0.4, -0.2) is 35.1 Å². The highest BCUT2D eigenvalue weighted by molar-refractivity contribution is 6.74. The van der Waals surface area contributed by atoms with Crippen LogP contribution in [0.2, 0.25) is 36.3 Å². The van der Waals surface area contributed by atoms with E-state index in [-0.39, 0.29) is 22.0 Å². The van der Waals surface area contributed by atoms with Crippen LogP contribution < -0.4 is 0 Å². The van der Waals surface area contributed by atoms with Crippen LogP contribution in [0.5, 0.6) is 0 Å². The molecule has 0 heterocycles. The number of ketones is 1. The van der Waals surface area contributed by atoms with Crippen molar-refractivity contribution in [3.63, 3.8) is 0 Å². The van der Waals surface area contributed by atoms with E-state index in [2.05, 4.69) is 67.7 Å². The van der Waals surface area contributed by atoms with Gasteiger partial charge in [-0.2, -0.15) is 0 Å². The monoisotopic (exact) mass is 402 g/mol. The van der Waals surface area contributed by atoms with Crippen molar-refractivity contribution in [1.82, 2.24) is 0 Å². The summed E-state index contributed by atoms with van der Waals surface area (Å²) in [6, 6.07) is 0. The highest BCUT2D eigenvalue weighted by atomic mass is 28.4. The Morgan fingerprint density at radius 3 is 1.62 bits per heavy atom. The third-order valence-corrected chi connectivity index (χ3v) is 15.8. The average molecular weight is 403 g/mol. The first-order chi connectivity index (χ1) is 11.3.